The SMILES string of the molecule is CC(=O)NCCOc1ccc(-c2ccc(Oc3nn[nH]c3C(=O)O)cc2)cc1. The minimum Gasteiger partial charge on any atom is -0.492 e. The van der Waals surface area contributed by atoms with Gasteiger partial charge in [0.15, 0.2) is 0 Å². The molecule has 28 heavy (non-hydrogen) atoms. The lowest BCUT2D eigenvalue weighted by Gasteiger charge is -2.08. The van der Waals surface area contributed by atoms with Crippen molar-refractivity contribution < 1.29 is 24.2 Å². The van der Waals surface area contributed by atoms with E-state index in [4.69, 9.17) is 14.6 Å². The second-order valence-corrected chi connectivity index (χ2v) is 5.78. The van der Waals surface area contributed by atoms with Crippen LogP contribution in [0.2, 0.25) is 0 Å². The molecule has 1 aromatic heterocycles. The molecule has 3 N–H and O–H groups in total. The second-order valence-electron chi connectivity index (χ2n) is 5.78. The Morgan fingerprint density at radius 1 is 1.04 bits per heavy atom. The molecule has 3 aromatic rings. The molecule has 0 aliphatic rings. The zero-order valence-corrected chi connectivity index (χ0v) is 15.0. The third-order valence-corrected chi connectivity index (χ3v) is 3.73. The molecule has 9 nitrogen and oxygen atoms in total. The van der Waals surface area contributed by atoms with Crippen LogP contribution in [0.5, 0.6) is 17.4 Å². The van der Waals surface area contributed by atoms with Crippen LogP contribution >= 0.6 is 0 Å². The Bertz CT molecular complexity index is 951. The quantitative estimate of drug-likeness (QED) is 0.511. The molecule has 1 amide bonds. The van der Waals surface area contributed by atoms with Crippen LogP contribution in [0.15, 0.2) is 48.5 Å². The van der Waals surface area contributed by atoms with E-state index in [0.717, 1.165) is 11.1 Å². The summed E-state index contributed by atoms with van der Waals surface area (Å²) in [6.45, 7) is 2.31. The predicted molar refractivity (Wildman–Crippen MR) is 99.5 cm³/mol. The number of carbonyl (C=O) groups excluding carboxylic acids is 1. The molecule has 0 aliphatic heterocycles. The highest BCUT2D eigenvalue weighted by atomic mass is 16.5. The first-order valence-electron chi connectivity index (χ1n) is 8.43. The minimum absolute atomic E-state index is 0.0888. The average Bonchev–Trinajstić information content (AvgIpc) is 3.15. The first kappa shape index (κ1) is 18.9. The maximum absolute atomic E-state index is 11.0. The van der Waals surface area contributed by atoms with Crippen LogP contribution in [0, 0.1) is 0 Å². The Morgan fingerprint density at radius 3 is 2.21 bits per heavy atom. The summed E-state index contributed by atoms with van der Waals surface area (Å²) in [7, 11) is 0. The van der Waals surface area contributed by atoms with Crippen LogP contribution in [0.25, 0.3) is 11.1 Å². The van der Waals surface area contributed by atoms with Crippen molar-refractivity contribution in [3.8, 4) is 28.5 Å². The largest absolute Gasteiger partial charge is 0.492 e. The predicted octanol–water partition coefficient (Wildman–Crippen LogP) is 2.48. The van der Waals surface area contributed by atoms with E-state index in [1.54, 1.807) is 12.1 Å². The Hall–Kier alpha value is -3.88. The lowest BCUT2D eigenvalue weighted by molar-refractivity contribution is -0.119. The highest BCUT2D eigenvalue weighted by Gasteiger charge is 2.16. The summed E-state index contributed by atoms with van der Waals surface area (Å²) in [6, 6.07) is 14.7. The summed E-state index contributed by atoms with van der Waals surface area (Å²) < 4.78 is 11.0. The minimum atomic E-state index is -1.20. The molecule has 3 rings (SSSR count). The molecule has 2 aromatic carbocycles. The molecule has 1 heterocycles. The van der Waals surface area contributed by atoms with Gasteiger partial charge < -0.3 is 19.9 Å². The second kappa shape index (κ2) is 8.67. The number of amides is 1. The fourth-order valence-corrected chi connectivity index (χ4v) is 2.40. The third-order valence-electron chi connectivity index (χ3n) is 3.73. The molecule has 0 bridgehead atoms. The molecular formula is C19H18N4O5. The molecule has 0 unspecified atom stereocenters. The van der Waals surface area contributed by atoms with Gasteiger partial charge in [-0.15, -0.1) is 0 Å². The molecule has 0 saturated heterocycles. The molecule has 0 saturated carbocycles. The lowest BCUT2D eigenvalue weighted by Crippen LogP contribution is -2.25. The highest BCUT2D eigenvalue weighted by Crippen LogP contribution is 2.27. The van der Waals surface area contributed by atoms with Gasteiger partial charge in [0.05, 0.1) is 6.54 Å². The van der Waals surface area contributed by atoms with E-state index >= 15 is 0 Å². The molecule has 0 aliphatic carbocycles. The number of benzene rings is 2. The zero-order chi connectivity index (χ0) is 19.9. The number of H-pyrrole nitrogens is 1. The van der Waals surface area contributed by atoms with E-state index < -0.39 is 5.97 Å². The maximum atomic E-state index is 11.0. The van der Waals surface area contributed by atoms with Crippen molar-refractivity contribution in [1.29, 1.82) is 0 Å². The van der Waals surface area contributed by atoms with Gasteiger partial charge in [-0.25, -0.2) is 9.89 Å². The fraction of sp³-hybridized carbons (Fsp3) is 0.158. The van der Waals surface area contributed by atoms with E-state index in [0.29, 0.717) is 24.7 Å². The van der Waals surface area contributed by atoms with Crippen molar-refractivity contribution in [2.24, 2.45) is 0 Å². The van der Waals surface area contributed by atoms with Crippen molar-refractivity contribution >= 4 is 11.9 Å². The smallest absolute Gasteiger partial charge is 0.359 e. The summed E-state index contributed by atoms with van der Waals surface area (Å²) >= 11 is 0. The summed E-state index contributed by atoms with van der Waals surface area (Å²) in [6.07, 6.45) is 0. The molecule has 0 atom stereocenters. The summed E-state index contributed by atoms with van der Waals surface area (Å²) in [4.78, 5) is 21.8. The zero-order valence-electron chi connectivity index (χ0n) is 15.0. The Labute approximate surface area is 160 Å². The molecule has 0 fully saturated rings. The summed E-state index contributed by atoms with van der Waals surface area (Å²) in [5.74, 6) is -0.231. The number of aromatic amines is 1. The van der Waals surface area contributed by atoms with Crippen molar-refractivity contribution in [2.75, 3.05) is 13.2 Å². The number of carbonyl (C=O) groups is 2. The van der Waals surface area contributed by atoms with Crippen LogP contribution in [0.3, 0.4) is 0 Å². The summed E-state index contributed by atoms with van der Waals surface area (Å²) in [5, 5.41) is 21.0. The average molecular weight is 382 g/mol. The lowest BCUT2D eigenvalue weighted by atomic mass is 10.1. The van der Waals surface area contributed by atoms with Crippen molar-refractivity contribution in [3.63, 3.8) is 0 Å². The molecular weight excluding hydrogens is 364 g/mol. The molecule has 0 spiro atoms. The standard InChI is InChI=1S/C19H18N4O5/c1-12(24)20-10-11-27-15-6-2-13(3-7-15)14-4-8-16(9-5-14)28-18-17(19(25)26)21-23-22-18/h2-9H,10-11H2,1H3,(H,20,24)(H,25,26)(H,21,22,23). The molecule has 9 heteroatoms. The number of carboxylic acids is 1. The van der Waals surface area contributed by atoms with Gasteiger partial charge in [-0.1, -0.05) is 34.6 Å². The van der Waals surface area contributed by atoms with E-state index in [9.17, 15) is 9.59 Å². The maximum Gasteiger partial charge on any atom is 0.359 e. The van der Waals surface area contributed by atoms with Gasteiger partial charge in [-0.3, -0.25) is 4.79 Å². The number of aromatic carboxylic acids is 1. The number of rotatable bonds is 8. The monoisotopic (exact) mass is 382 g/mol. The van der Waals surface area contributed by atoms with Crippen molar-refractivity contribution in [2.45, 2.75) is 6.92 Å². The van der Waals surface area contributed by atoms with Gasteiger partial charge in [-0.05, 0) is 35.4 Å². The van der Waals surface area contributed by atoms with Crippen molar-refractivity contribution in [1.82, 2.24) is 20.7 Å². The Kier molecular flexibility index (Phi) is 5.85. The van der Waals surface area contributed by atoms with Gasteiger partial charge in [-0.2, -0.15) is 0 Å². The van der Waals surface area contributed by atoms with Gasteiger partial charge in [0.2, 0.25) is 11.6 Å². The van der Waals surface area contributed by atoms with E-state index in [2.05, 4.69) is 20.7 Å². The first-order valence-corrected chi connectivity index (χ1v) is 8.43. The van der Waals surface area contributed by atoms with E-state index in [1.165, 1.54) is 6.92 Å². The number of nitrogens with zero attached hydrogens (tertiary/aromatic N) is 2. The van der Waals surface area contributed by atoms with Crippen LogP contribution in [0.4, 0.5) is 0 Å². The summed E-state index contributed by atoms with van der Waals surface area (Å²) in [5.41, 5.74) is 1.72. The Morgan fingerprint density at radius 2 is 1.64 bits per heavy atom. The van der Waals surface area contributed by atoms with Gasteiger partial charge >= 0.3 is 5.97 Å². The third kappa shape index (κ3) is 4.85. The van der Waals surface area contributed by atoms with Crippen molar-refractivity contribution in [3.05, 3.63) is 54.2 Å². The highest BCUT2D eigenvalue weighted by molar-refractivity contribution is 5.87. The van der Waals surface area contributed by atoms with Crippen LogP contribution in [-0.4, -0.2) is 45.5 Å². The van der Waals surface area contributed by atoms with E-state index in [1.807, 2.05) is 36.4 Å². The van der Waals surface area contributed by atoms with E-state index in [-0.39, 0.29) is 17.5 Å². The normalized spacial score (nSPS) is 10.3. The van der Waals surface area contributed by atoms with Gasteiger partial charge in [0.25, 0.3) is 5.88 Å². The number of carboxylic acid groups (broad SMARTS) is 1. The Balaban J connectivity index is 1.61. The molecule has 0 radical (unpaired) electrons. The topological polar surface area (TPSA) is 126 Å². The number of hydrogen-bond acceptors (Lipinski definition) is 6. The first-order chi connectivity index (χ1) is 13.5. The van der Waals surface area contributed by atoms with Gasteiger partial charge in [0, 0.05) is 6.92 Å². The number of hydrogen-bond donors (Lipinski definition) is 3. The van der Waals surface area contributed by atoms with Gasteiger partial charge in [0.1, 0.15) is 18.1 Å². The number of ether oxygens (including phenoxy) is 2. The van der Waals surface area contributed by atoms with Crippen LogP contribution in [0.1, 0.15) is 17.4 Å². The fourth-order valence-electron chi connectivity index (χ4n) is 2.40. The number of nitrogens with one attached hydrogen (secondary N) is 2. The van der Waals surface area contributed by atoms with Crippen LogP contribution < -0.4 is 14.8 Å². The molecule has 144 valence electrons. The van der Waals surface area contributed by atoms with Crippen LogP contribution in [-0.2, 0) is 4.79 Å². The number of aromatic nitrogens is 3.